The van der Waals surface area contributed by atoms with Gasteiger partial charge < -0.3 is 20.3 Å². The van der Waals surface area contributed by atoms with Crippen LogP contribution in [0.3, 0.4) is 0 Å². The van der Waals surface area contributed by atoms with E-state index in [2.05, 4.69) is 21.9 Å². The fraction of sp³-hybridized carbons (Fsp3) is 0.833. The van der Waals surface area contributed by atoms with Gasteiger partial charge in [-0.25, -0.2) is 4.99 Å². The van der Waals surface area contributed by atoms with E-state index < -0.39 is 0 Å². The van der Waals surface area contributed by atoms with Crippen LogP contribution in [-0.2, 0) is 9.53 Å². The molecule has 20 heavy (non-hydrogen) atoms. The third-order valence-corrected chi connectivity index (χ3v) is 2.83. The van der Waals surface area contributed by atoms with Crippen LogP contribution in [0.5, 0.6) is 0 Å². The number of amides is 1. The molecule has 1 amide bonds. The summed E-state index contributed by atoms with van der Waals surface area (Å²) in [5.74, 6) is 1.63. The number of nitrogens with one attached hydrogen (secondary N) is 2. The minimum absolute atomic E-state index is 0. The predicted octanol–water partition coefficient (Wildman–Crippen LogP) is 0.627. The van der Waals surface area contributed by atoms with E-state index in [4.69, 9.17) is 4.74 Å². The third-order valence-electron chi connectivity index (χ3n) is 2.21. The molecule has 0 aromatic carbocycles. The number of likely N-dealkylation sites (N-methyl/N-ethyl adjacent to an activating group) is 1. The topological polar surface area (TPSA) is 66.0 Å². The highest BCUT2D eigenvalue weighted by Crippen LogP contribution is 1.87. The number of hydrogen-bond acceptors (Lipinski definition) is 4. The van der Waals surface area contributed by atoms with E-state index in [1.807, 2.05) is 6.92 Å². The van der Waals surface area contributed by atoms with E-state index in [9.17, 15) is 4.79 Å². The van der Waals surface area contributed by atoms with Gasteiger partial charge in [-0.15, -0.1) is 24.0 Å². The van der Waals surface area contributed by atoms with Crippen LogP contribution in [0, 0.1) is 0 Å². The van der Waals surface area contributed by atoms with E-state index in [1.54, 1.807) is 25.9 Å². The van der Waals surface area contributed by atoms with Crippen molar-refractivity contribution in [2.24, 2.45) is 4.99 Å². The molecule has 8 heteroatoms. The van der Waals surface area contributed by atoms with Gasteiger partial charge in [0.15, 0.2) is 5.96 Å². The molecule has 0 aliphatic heterocycles. The highest BCUT2D eigenvalue weighted by molar-refractivity contribution is 14.0. The van der Waals surface area contributed by atoms with Crippen LogP contribution in [0.2, 0.25) is 0 Å². The Bertz CT molecular complexity index is 278. The van der Waals surface area contributed by atoms with Gasteiger partial charge in [0.25, 0.3) is 0 Å². The molecular weight excluding hydrogens is 391 g/mol. The number of carbonyl (C=O) groups excluding carboxylic acids is 1. The number of carbonyl (C=O) groups is 1. The van der Waals surface area contributed by atoms with Crippen molar-refractivity contribution in [1.82, 2.24) is 15.5 Å². The number of aliphatic imine (C=N–C) groups is 1. The third kappa shape index (κ3) is 12.8. The van der Waals surface area contributed by atoms with Gasteiger partial charge in [0.1, 0.15) is 6.54 Å². The molecular formula is C12H27IN4O2S. The van der Waals surface area contributed by atoms with Crippen LogP contribution in [0.1, 0.15) is 6.92 Å². The van der Waals surface area contributed by atoms with Crippen molar-refractivity contribution in [3.63, 3.8) is 0 Å². The van der Waals surface area contributed by atoms with E-state index in [-0.39, 0.29) is 36.4 Å². The first-order valence-corrected chi connectivity index (χ1v) is 7.80. The molecule has 0 bridgehead atoms. The highest BCUT2D eigenvalue weighted by Gasteiger charge is 2.03. The Morgan fingerprint density at radius 2 is 1.95 bits per heavy atom. The summed E-state index contributed by atoms with van der Waals surface area (Å²) in [5, 5.41) is 6.33. The number of rotatable bonds is 9. The Morgan fingerprint density at radius 1 is 1.30 bits per heavy atom. The van der Waals surface area contributed by atoms with Gasteiger partial charge in [-0.05, 0) is 13.2 Å². The second-order valence-electron chi connectivity index (χ2n) is 4.00. The zero-order valence-electron chi connectivity index (χ0n) is 12.8. The summed E-state index contributed by atoms with van der Waals surface area (Å²) < 4.78 is 5.25. The highest BCUT2D eigenvalue weighted by atomic mass is 127. The van der Waals surface area contributed by atoms with Gasteiger partial charge in [-0.2, -0.15) is 11.8 Å². The van der Waals surface area contributed by atoms with Crippen LogP contribution in [-0.4, -0.2) is 75.7 Å². The molecule has 2 N–H and O–H groups in total. The molecule has 0 atom stereocenters. The van der Waals surface area contributed by atoms with E-state index >= 15 is 0 Å². The van der Waals surface area contributed by atoms with Crippen molar-refractivity contribution < 1.29 is 9.53 Å². The number of ether oxygens (including phenoxy) is 1. The normalized spacial score (nSPS) is 10.7. The smallest absolute Gasteiger partial charge is 0.243 e. The maximum atomic E-state index is 11.5. The molecule has 0 aromatic rings. The minimum Gasteiger partial charge on any atom is -0.380 e. The molecule has 0 rings (SSSR count). The standard InChI is InChI=1S/C12H26N4O2S.HI/c1-5-18-8-6-13-12(14-7-9-19-4)15-10-11(17)16(2)3;/h5-10H2,1-4H3,(H2,13,14,15);1H. The van der Waals surface area contributed by atoms with Crippen molar-refractivity contribution in [2.45, 2.75) is 6.92 Å². The molecule has 0 spiro atoms. The van der Waals surface area contributed by atoms with Crippen LogP contribution >= 0.6 is 35.7 Å². The van der Waals surface area contributed by atoms with E-state index in [0.29, 0.717) is 25.7 Å². The van der Waals surface area contributed by atoms with Crippen molar-refractivity contribution in [1.29, 1.82) is 0 Å². The van der Waals surface area contributed by atoms with Crippen LogP contribution in [0.15, 0.2) is 4.99 Å². The van der Waals surface area contributed by atoms with Crippen molar-refractivity contribution in [3.8, 4) is 0 Å². The second kappa shape index (κ2) is 15.2. The molecule has 0 aliphatic carbocycles. The Hall–Kier alpha value is -0.220. The SMILES string of the molecule is CCOCCNC(=NCC(=O)N(C)C)NCCSC.I. The summed E-state index contributed by atoms with van der Waals surface area (Å²) in [6, 6.07) is 0. The molecule has 6 nitrogen and oxygen atoms in total. The zero-order valence-corrected chi connectivity index (χ0v) is 15.9. The molecule has 0 heterocycles. The van der Waals surface area contributed by atoms with Gasteiger partial charge >= 0.3 is 0 Å². The maximum absolute atomic E-state index is 11.5. The van der Waals surface area contributed by atoms with Crippen molar-refractivity contribution >= 4 is 47.6 Å². The Balaban J connectivity index is 0. The van der Waals surface area contributed by atoms with Gasteiger partial charge in [0.05, 0.1) is 6.61 Å². The van der Waals surface area contributed by atoms with Crippen LogP contribution < -0.4 is 10.6 Å². The Kier molecular flexibility index (Phi) is 16.7. The van der Waals surface area contributed by atoms with Crippen molar-refractivity contribution in [2.75, 3.05) is 59.0 Å². The minimum atomic E-state index is -0.0178. The average molecular weight is 418 g/mol. The van der Waals surface area contributed by atoms with Crippen LogP contribution in [0.25, 0.3) is 0 Å². The maximum Gasteiger partial charge on any atom is 0.243 e. The lowest BCUT2D eigenvalue weighted by Crippen LogP contribution is -2.41. The zero-order chi connectivity index (χ0) is 14.5. The molecule has 0 saturated carbocycles. The number of nitrogens with zero attached hydrogens (tertiary/aromatic N) is 2. The first kappa shape index (κ1) is 22.1. The van der Waals surface area contributed by atoms with E-state index in [0.717, 1.165) is 12.3 Å². The number of guanidine groups is 1. The molecule has 120 valence electrons. The fourth-order valence-electron chi connectivity index (χ4n) is 1.12. The summed E-state index contributed by atoms with van der Waals surface area (Å²) in [7, 11) is 3.45. The quantitative estimate of drug-likeness (QED) is 0.249. The monoisotopic (exact) mass is 418 g/mol. The second-order valence-corrected chi connectivity index (χ2v) is 4.98. The van der Waals surface area contributed by atoms with Gasteiger partial charge in [-0.3, -0.25) is 4.79 Å². The number of halogens is 1. The van der Waals surface area contributed by atoms with Crippen LogP contribution in [0.4, 0.5) is 0 Å². The first-order chi connectivity index (χ1) is 9.11. The number of thioether (sulfide) groups is 1. The Morgan fingerprint density at radius 3 is 2.50 bits per heavy atom. The Labute approximate surface area is 143 Å². The summed E-state index contributed by atoms with van der Waals surface area (Å²) >= 11 is 1.76. The van der Waals surface area contributed by atoms with Gasteiger partial charge in [-0.1, -0.05) is 0 Å². The summed E-state index contributed by atoms with van der Waals surface area (Å²) in [4.78, 5) is 17.3. The van der Waals surface area contributed by atoms with E-state index in [1.165, 1.54) is 4.90 Å². The lowest BCUT2D eigenvalue weighted by atomic mass is 10.5. The summed E-state index contributed by atoms with van der Waals surface area (Å²) in [5.41, 5.74) is 0. The first-order valence-electron chi connectivity index (χ1n) is 6.40. The molecule has 0 saturated heterocycles. The molecule has 0 fully saturated rings. The van der Waals surface area contributed by atoms with Gasteiger partial charge in [0.2, 0.25) is 5.91 Å². The summed E-state index contributed by atoms with van der Waals surface area (Å²) in [6.07, 6.45) is 2.05. The molecule has 0 unspecified atom stereocenters. The lowest BCUT2D eigenvalue weighted by molar-refractivity contribution is -0.127. The van der Waals surface area contributed by atoms with Crippen molar-refractivity contribution in [3.05, 3.63) is 0 Å². The predicted molar refractivity (Wildman–Crippen MR) is 97.3 cm³/mol. The molecule has 0 radical (unpaired) electrons. The number of hydrogen-bond donors (Lipinski definition) is 2. The lowest BCUT2D eigenvalue weighted by Gasteiger charge is -2.13. The van der Waals surface area contributed by atoms with Gasteiger partial charge in [0, 0.05) is 39.5 Å². The average Bonchev–Trinajstić information content (AvgIpc) is 2.39. The summed E-state index contributed by atoms with van der Waals surface area (Å²) in [6.45, 7) is 4.93. The molecule has 0 aromatic heterocycles. The molecule has 0 aliphatic rings. The largest absolute Gasteiger partial charge is 0.380 e. The fourth-order valence-corrected chi connectivity index (χ4v) is 1.43.